The Bertz CT molecular complexity index is 1680. The lowest BCUT2D eigenvalue weighted by Crippen LogP contribution is -2.29. The zero-order valence-electron chi connectivity index (χ0n) is 21.1. The summed E-state index contributed by atoms with van der Waals surface area (Å²) in [6, 6.07) is 13.8. The average molecular weight is 563 g/mol. The highest BCUT2D eigenvalue weighted by atomic mass is 32.2. The van der Waals surface area contributed by atoms with E-state index in [1.54, 1.807) is 37.4 Å². The third-order valence-electron chi connectivity index (χ3n) is 5.81. The van der Waals surface area contributed by atoms with E-state index in [-0.39, 0.29) is 5.69 Å². The monoisotopic (exact) mass is 562 g/mol. The van der Waals surface area contributed by atoms with Gasteiger partial charge in [-0.25, -0.2) is 13.2 Å². The number of nitrogens with zero attached hydrogens (tertiary/aromatic N) is 3. The molecule has 0 radical (unpaired) electrons. The van der Waals surface area contributed by atoms with Gasteiger partial charge in [0.05, 0.1) is 21.8 Å². The molecule has 0 aliphatic rings. The van der Waals surface area contributed by atoms with Crippen LogP contribution in [0.4, 0.5) is 13.2 Å². The quantitative estimate of drug-likeness (QED) is 0.377. The van der Waals surface area contributed by atoms with Gasteiger partial charge in [-0.3, -0.25) is 14.0 Å². The molecule has 3 N–H and O–H groups in total. The van der Waals surface area contributed by atoms with E-state index in [0.29, 0.717) is 22.7 Å². The Morgan fingerprint density at radius 3 is 2.18 bits per heavy atom. The number of pyridine rings is 1. The SMILES string of the molecule is CS(=O)(=O)c1ccc(CN)cc1.Cc1c(-c2ccnn2C)cc(C(=O)O)c(=O)n1-c1ccccc1C(F)(F)F. The Morgan fingerprint density at radius 1 is 1.08 bits per heavy atom. The smallest absolute Gasteiger partial charge is 0.418 e. The molecule has 0 atom stereocenters. The minimum Gasteiger partial charge on any atom is -0.477 e. The largest absolute Gasteiger partial charge is 0.477 e. The van der Waals surface area contributed by atoms with Gasteiger partial charge in [-0.05, 0) is 48.9 Å². The highest BCUT2D eigenvalue weighted by Gasteiger charge is 2.35. The van der Waals surface area contributed by atoms with E-state index in [0.717, 1.165) is 28.3 Å². The molecule has 13 heteroatoms. The van der Waals surface area contributed by atoms with Crippen LogP contribution < -0.4 is 11.3 Å². The van der Waals surface area contributed by atoms with E-state index < -0.39 is 44.4 Å². The number of aromatic carboxylic acids is 1. The topological polar surface area (TPSA) is 137 Å². The number of sulfone groups is 1. The normalized spacial score (nSPS) is 11.6. The summed E-state index contributed by atoms with van der Waals surface area (Å²) in [6.45, 7) is 1.90. The van der Waals surface area contributed by atoms with Crippen molar-refractivity contribution in [1.29, 1.82) is 0 Å². The molecule has 2 aromatic carbocycles. The lowest BCUT2D eigenvalue weighted by Gasteiger charge is -2.19. The van der Waals surface area contributed by atoms with Crippen LogP contribution in [-0.4, -0.2) is 40.1 Å². The van der Waals surface area contributed by atoms with E-state index in [9.17, 15) is 36.3 Å². The molecular formula is C26H25F3N4O5S. The summed E-state index contributed by atoms with van der Waals surface area (Å²) in [5.74, 6) is -1.53. The molecule has 4 rings (SSSR count). The van der Waals surface area contributed by atoms with Crippen molar-refractivity contribution in [3.8, 4) is 16.9 Å². The second kappa shape index (κ2) is 11.3. The predicted molar refractivity (Wildman–Crippen MR) is 138 cm³/mol. The zero-order valence-corrected chi connectivity index (χ0v) is 21.9. The van der Waals surface area contributed by atoms with Gasteiger partial charge in [0, 0.05) is 37.3 Å². The van der Waals surface area contributed by atoms with Crippen molar-refractivity contribution in [1.82, 2.24) is 14.3 Å². The van der Waals surface area contributed by atoms with Crippen LogP contribution in [-0.2, 0) is 29.6 Å². The van der Waals surface area contributed by atoms with Crippen molar-refractivity contribution in [2.45, 2.75) is 24.5 Å². The number of aryl methyl sites for hydroxylation is 1. The number of carbonyl (C=O) groups is 1. The van der Waals surface area contributed by atoms with Crippen LogP contribution >= 0.6 is 0 Å². The second-order valence-corrected chi connectivity index (χ2v) is 10.5. The van der Waals surface area contributed by atoms with Gasteiger partial charge in [-0.15, -0.1) is 0 Å². The van der Waals surface area contributed by atoms with Crippen molar-refractivity contribution >= 4 is 15.8 Å². The fourth-order valence-corrected chi connectivity index (χ4v) is 4.46. The molecule has 0 bridgehead atoms. The minimum absolute atomic E-state index is 0.172. The van der Waals surface area contributed by atoms with Gasteiger partial charge in [-0.2, -0.15) is 18.3 Å². The Labute approximate surface area is 221 Å². The number of halogens is 3. The summed E-state index contributed by atoms with van der Waals surface area (Å²) >= 11 is 0. The Balaban J connectivity index is 0.000000293. The first-order valence-corrected chi connectivity index (χ1v) is 13.2. The summed E-state index contributed by atoms with van der Waals surface area (Å²) in [7, 11) is -1.46. The Hall–Kier alpha value is -4.23. The fraction of sp³-hybridized carbons (Fsp3) is 0.192. The fourth-order valence-electron chi connectivity index (χ4n) is 3.83. The molecule has 39 heavy (non-hydrogen) atoms. The minimum atomic E-state index is -4.71. The molecule has 0 saturated carbocycles. The van der Waals surface area contributed by atoms with Gasteiger partial charge in [0.25, 0.3) is 5.56 Å². The summed E-state index contributed by atoms with van der Waals surface area (Å²) in [5.41, 5.74) is 4.09. The van der Waals surface area contributed by atoms with E-state index in [2.05, 4.69) is 5.10 Å². The number of nitrogens with two attached hydrogens (primary N) is 1. The number of para-hydroxylation sites is 1. The predicted octanol–water partition coefficient (Wildman–Crippen LogP) is 3.81. The number of alkyl halides is 3. The van der Waals surface area contributed by atoms with Crippen LogP contribution in [0.2, 0.25) is 0 Å². The van der Waals surface area contributed by atoms with Crippen LogP contribution in [0, 0.1) is 6.92 Å². The molecule has 2 aromatic heterocycles. The van der Waals surface area contributed by atoms with Crippen LogP contribution in [0.5, 0.6) is 0 Å². The van der Waals surface area contributed by atoms with Gasteiger partial charge < -0.3 is 10.8 Å². The maximum Gasteiger partial charge on any atom is 0.418 e. The molecule has 0 fully saturated rings. The van der Waals surface area contributed by atoms with Gasteiger partial charge in [0.1, 0.15) is 5.56 Å². The third-order valence-corrected chi connectivity index (χ3v) is 6.94. The number of benzene rings is 2. The molecule has 0 saturated heterocycles. The summed E-state index contributed by atoms with van der Waals surface area (Å²) in [5, 5.41) is 13.4. The molecule has 9 nitrogen and oxygen atoms in total. The first kappa shape index (κ1) is 29.3. The lowest BCUT2D eigenvalue weighted by atomic mass is 10.0. The van der Waals surface area contributed by atoms with E-state index in [4.69, 9.17) is 5.73 Å². The van der Waals surface area contributed by atoms with Crippen molar-refractivity contribution in [2.75, 3.05) is 6.26 Å². The third kappa shape index (κ3) is 6.44. The number of aromatic nitrogens is 3. The molecule has 2 heterocycles. The standard InChI is InChI=1S/C18H14F3N3O3.C8H11NO2S/c1-10-11(14-7-8-22-23(14)2)9-12(17(26)27)16(25)24(10)15-6-4-3-5-13(15)18(19,20)21;1-12(10,11)8-4-2-7(6-9)3-5-8/h3-9H,1-2H3,(H,26,27);2-5H,6,9H2,1H3. The van der Waals surface area contributed by atoms with Gasteiger partial charge in [0.15, 0.2) is 9.84 Å². The maximum absolute atomic E-state index is 13.4. The summed E-state index contributed by atoms with van der Waals surface area (Å²) in [4.78, 5) is 24.6. The molecule has 0 aliphatic heterocycles. The molecule has 0 aliphatic carbocycles. The van der Waals surface area contributed by atoms with E-state index in [1.165, 1.54) is 36.2 Å². The van der Waals surface area contributed by atoms with Gasteiger partial charge in [-0.1, -0.05) is 24.3 Å². The highest BCUT2D eigenvalue weighted by Crippen LogP contribution is 2.34. The Kier molecular flexibility index (Phi) is 8.46. The van der Waals surface area contributed by atoms with E-state index >= 15 is 0 Å². The molecular weight excluding hydrogens is 537 g/mol. The molecule has 4 aromatic rings. The van der Waals surface area contributed by atoms with E-state index in [1.807, 2.05) is 0 Å². The maximum atomic E-state index is 13.4. The number of rotatable bonds is 5. The Morgan fingerprint density at radius 2 is 1.69 bits per heavy atom. The molecule has 206 valence electrons. The molecule has 0 amide bonds. The number of hydrogen-bond acceptors (Lipinski definition) is 6. The number of carboxylic acid groups (broad SMARTS) is 1. The van der Waals surface area contributed by atoms with Crippen molar-refractivity contribution < 1.29 is 31.5 Å². The summed E-state index contributed by atoms with van der Waals surface area (Å²) < 4.78 is 64.6. The highest BCUT2D eigenvalue weighted by molar-refractivity contribution is 7.90. The zero-order chi connectivity index (χ0) is 29.1. The number of hydrogen-bond donors (Lipinski definition) is 2. The van der Waals surface area contributed by atoms with Gasteiger partial charge in [0.2, 0.25) is 0 Å². The molecule has 0 unspecified atom stereocenters. The van der Waals surface area contributed by atoms with Crippen molar-refractivity contribution in [2.24, 2.45) is 12.8 Å². The number of carboxylic acids is 1. The van der Waals surface area contributed by atoms with Crippen molar-refractivity contribution in [3.05, 3.63) is 99.6 Å². The first-order valence-electron chi connectivity index (χ1n) is 11.3. The van der Waals surface area contributed by atoms with Crippen LogP contribution in [0.1, 0.15) is 27.2 Å². The van der Waals surface area contributed by atoms with Crippen LogP contribution in [0.3, 0.4) is 0 Å². The second-order valence-electron chi connectivity index (χ2n) is 8.48. The summed E-state index contributed by atoms with van der Waals surface area (Å²) in [6.07, 6.45) is -2.06. The van der Waals surface area contributed by atoms with Crippen LogP contribution in [0.15, 0.2) is 76.6 Å². The average Bonchev–Trinajstić information content (AvgIpc) is 3.29. The first-order chi connectivity index (χ1) is 18.2. The van der Waals surface area contributed by atoms with Crippen molar-refractivity contribution in [3.63, 3.8) is 0 Å². The molecule has 0 spiro atoms. The van der Waals surface area contributed by atoms with Gasteiger partial charge >= 0.3 is 12.1 Å². The lowest BCUT2D eigenvalue weighted by molar-refractivity contribution is -0.137. The van der Waals surface area contributed by atoms with Crippen LogP contribution in [0.25, 0.3) is 16.9 Å².